The van der Waals surface area contributed by atoms with E-state index in [1.54, 1.807) is 0 Å². The Morgan fingerprint density at radius 3 is 2.61 bits per heavy atom. The largest absolute Gasteiger partial charge is 0.389 e. The first-order valence-electron chi connectivity index (χ1n) is 5.06. The molecule has 0 aromatic carbocycles. The van der Waals surface area contributed by atoms with Gasteiger partial charge in [0, 0.05) is 13.5 Å². The van der Waals surface area contributed by atoms with E-state index in [0.717, 1.165) is 4.31 Å². The molecule has 6 nitrogen and oxygen atoms in total. The van der Waals surface area contributed by atoms with E-state index in [2.05, 4.69) is 15.2 Å². The number of aromatic nitrogens is 3. The lowest BCUT2D eigenvalue weighted by Crippen LogP contribution is -2.29. The van der Waals surface area contributed by atoms with Crippen LogP contribution in [0.15, 0.2) is 6.33 Å². The molecule has 1 aromatic heterocycles. The maximum atomic E-state index is 11.9. The highest BCUT2D eigenvalue weighted by Crippen LogP contribution is 2.22. The van der Waals surface area contributed by atoms with Gasteiger partial charge in [-0.2, -0.15) is 22.6 Å². The normalized spacial score (nSPS) is 13.2. The van der Waals surface area contributed by atoms with Gasteiger partial charge in [-0.1, -0.05) is 0 Å². The van der Waals surface area contributed by atoms with Gasteiger partial charge in [-0.3, -0.25) is 5.10 Å². The van der Waals surface area contributed by atoms with Gasteiger partial charge in [0.1, 0.15) is 12.2 Å². The van der Waals surface area contributed by atoms with Crippen LogP contribution >= 0.6 is 0 Å². The van der Waals surface area contributed by atoms with E-state index < -0.39 is 34.8 Å². The number of hydrogen-bond donors (Lipinski definition) is 1. The summed E-state index contributed by atoms with van der Waals surface area (Å²) in [5.74, 6) is -0.214. The van der Waals surface area contributed by atoms with Crippen LogP contribution in [0, 0.1) is 0 Å². The molecule has 0 atom stereocenters. The van der Waals surface area contributed by atoms with E-state index in [0.29, 0.717) is 5.82 Å². The van der Waals surface area contributed by atoms with E-state index >= 15 is 0 Å². The summed E-state index contributed by atoms with van der Waals surface area (Å²) in [7, 11) is -2.43. The number of nitrogens with zero attached hydrogens (tertiary/aromatic N) is 3. The molecule has 1 heterocycles. The summed E-state index contributed by atoms with van der Waals surface area (Å²) in [6.07, 6.45) is -4.67. The van der Waals surface area contributed by atoms with Crippen molar-refractivity contribution in [1.82, 2.24) is 19.5 Å². The molecular weight excluding hydrogens is 273 g/mol. The number of aromatic amines is 1. The molecule has 0 unspecified atom stereocenters. The van der Waals surface area contributed by atoms with Gasteiger partial charge in [-0.25, -0.2) is 13.4 Å². The highest BCUT2D eigenvalue weighted by atomic mass is 32.2. The van der Waals surface area contributed by atoms with Gasteiger partial charge >= 0.3 is 6.18 Å². The molecule has 0 saturated heterocycles. The van der Waals surface area contributed by atoms with E-state index in [-0.39, 0.29) is 6.54 Å². The van der Waals surface area contributed by atoms with E-state index in [1.165, 1.54) is 13.4 Å². The molecule has 0 bridgehead atoms. The third-order valence-corrected chi connectivity index (χ3v) is 4.06. The van der Waals surface area contributed by atoms with Crippen molar-refractivity contribution in [3.05, 3.63) is 12.2 Å². The van der Waals surface area contributed by atoms with Crippen molar-refractivity contribution in [2.45, 2.75) is 25.6 Å². The number of nitrogens with one attached hydrogen (secondary N) is 1. The van der Waals surface area contributed by atoms with E-state index in [1.807, 2.05) is 0 Å². The fourth-order valence-electron chi connectivity index (χ4n) is 1.23. The molecule has 0 amide bonds. The number of sulfonamides is 1. The Morgan fingerprint density at radius 2 is 2.11 bits per heavy atom. The molecule has 0 aliphatic carbocycles. The first-order valence-corrected chi connectivity index (χ1v) is 6.66. The fraction of sp³-hybridized carbons (Fsp3) is 0.750. The molecule has 0 spiro atoms. The zero-order chi connectivity index (χ0) is 13.8. The average molecular weight is 286 g/mol. The Labute approximate surface area is 102 Å². The highest BCUT2D eigenvalue weighted by Gasteiger charge is 2.28. The van der Waals surface area contributed by atoms with Crippen molar-refractivity contribution in [3.63, 3.8) is 0 Å². The predicted molar refractivity (Wildman–Crippen MR) is 56.9 cm³/mol. The van der Waals surface area contributed by atoms with Gasteiger partial charge in [0.05, 0.1) is 12.3 Å². The summed E-state index contributed by atoms with van der Waals surface area (Å²) in [5.41, 5.74) is 0. The lowest BCUT2D eigenvalue weighted by atomic mass is 10.3. The highest BCUT2D eigenvalue weighted by molar-refractivity contribution is 7.89. The van der Waals surface area contributed by atoms with Gasteiger partial charge in [-0.05, 0) is 6.42 Å². The van der Waals surface area contributed by atoms with Crippen LogP contribution in [0.5, 0.6) is 0 Å². The SMILES string of the molecule is CN(Cc1ncn[nH]1)S(=O)(=O)CCCC(F)(F)F. The number of rotatable bonds is 6. The van der Waals surface area contributed by atoms with Crippen LogP contribution in [0.1, 0.15) is 18.7 Å². The minimum atomic E-state index is -4.33. The second kappa shape index (κ2) is 5.65. The van der Waals surface area contributed by atoms with Crippen LogP contribution in [-0.2, 0) is 16.6 Å². The molecule has 0 fully saturated rings. The Balaban J connectivity index is 2.48. The van der Waals surface area contributed by atoms with Crippen LogP contribution in [0.2, 0.25) is 0 Å². The number of H-pyrrole nitrogens is 1. The van der Waals surface area contributed by atoms with Crippen molar-refractivity contribution >= 4 is 10.0 Å². The molecule has 0 radical (unpaired) electrons. The van der Waals surface area contributed by atoms with Crippen LogP contribution in [0.25, 0.3) is 0 Å². The van der Waals surface area contributed by atoms with Crippen LogP contribution in [-0.4, -0.2) is 46.9 Å². The molecule has 1 rings (SSSR count). The lowest BCUT2D eigenvalue weighted by Gasteiger charge is -2.15. The minimum Gasteiger partial charge on any atom is -0.262 e. The van der Waals surface area contributed by atoms with Gasteiger partial charge in [0.2, 0.25) is 10.0 Å². The topological polar surface area (TPSA) is 79.0 Å². The van der Waals surface area contributed by atoms with Crippen LogP contribution < -0.4 is 0 Å². The molecule has 104 valence electrons. The zero-order valence-corrected chi connectivity index (χ0v) is 10.4. The van der Waals surface area contributed by atoms with Gasteiger partial charge < -0.3 is 0 Å². The minimum absolute atomic E-state index is 0.0473. The molecule has 1 N–H and O–H groups in total. The third kappa shape index (κ3) is 5.00. The summed E-state index contributed by atoms with van der Waals surface area (Å²) in [5, 5.41) is 6.02. The molecule has 18 heavy (non-hydrogen) atoms. The Hall–Kier alpha value is -1.16. The summed E-state index contributed by atoms with van der Waals surface area (Å²) in [6, 6.07) is 0. The average Bonchev–Trinajstić information content (AvgIpc) is 2.67. The molecule has 0 aliphatic heterocycles. The van der Waals surface area contributed by atoms with Gasteiger partial charge in [0.25, 0.3) is 0 Å². The number of halogens is 3. The molecule has 0 aliphatic rings. The van der Waals surface area contributed by atoms with E-state index in [9.17, 15) is 21.6 Å². The van der Waals surface area contributed by atoms with Crippen LogP contribution in [0.3, 0.4) is 0 Å². The predicted octanol–water partition coefficient (Wildman–Crippen LogP) is 0.909. The molecular formula is C8H13F3N4O2S. The van der Waals surface area contributed by atoms with Crippen molar-refractivity contribution in [2.24, 2.45) is 0 Å². The summed E-state index contributed by atoms with van der Waals surface area (Å²) >= 11 is 0. The summed E-state index contributed by atoms with van der Waals surface area (Å²) in [6.45, 7) is -0.0473. The van der Waals surface area contributed by atoms with Crippen molar-refractivity contribution in [3.8, 4) is 0 Å². The third-order valence-electron chi connectivity index (χ3n) is 2.17. The summed E-state index contributed by atoms with van der Waals surface area (Å²) < 4.78 is 59.9. The maximum absolute atomic E-state index is 11.9. The van der Waals surface area contributed by atoms with Crippen molar-refractivity contribution in [2.75, 3.05) is 12.8 Å². The van der Waals surface area contributed by atoms with Crippen molar-refractivity contribution in [1.29, 1.82) is 0 Å². The molecule has 1 aromatic rings. The summed E-state index contributed by atoms with van der Waals surface area (Å²) in [4.78, 5) is 3.74. The Kier molecular flexibility index (Phi) is 4.68. The molecule has 10 heteroatoms. The Morgan fingerprint density at radius 1 is 1.44 bits per heavy atom. The second-order valence-electron chi connectivity index (χ2n) is 3.72. The van der Waals surface area contributed by atoms with Gasteiger partial charge in [0.15, 0.2) is 0 Å². The number of alkyl halides is 3. The lowest BCUT2D eigenvalue weighted by molar-refractivity contribution is -0.134. The van der Waals surface area contributed by atoms with Gasteiger partial charge in [-0.15, -0.1) is 0 Å². The van der Waals surface area contributed by atoms with Crippen molar-refractivity contribution < 1.29 is 21.6 Å². The fourth-order valence-corrected chi connectivity index (χ4v) is 2.37. The first-order chi connectivity index (χ1) is 8.21. The maximum Gasteiger partial charge on any atom is 0.389 e. The first kappa shape index (κ1) is 14.9. The quantitative estimate of drug-likeness (QED) is 0.843. The van der Waals surface area contributed by atoms with E-state index in [4.69, 9.17) is 0 Å². The second-order valence-corrected chi connectivity index (χ2v) is 5.92. The monoisotopic (exact) mass is 286 g/mol. The standard InChI is InChI=1S/C8H13F3N4O2S/c1-15(5-7-12-6-13-14-7)18(16,17)4-2-3-8(9,10)11/h6H,2-5H2,1H3,(H,12,13,14). The van der Waals surface area contributed by atoms with Crippen LogP contribution in [0.4, 0.5) is 13.2 Å². The number of hydrogen-bond acceptors (Lipinski definition) is 4. The Bertz CT molecular complexity index is 457. The molecule has 0 saturated carbocycles. The smallest absolute Gasteiger partial charge is 0.262 e. The zero-order valence-electron chi connectivity index (χ0n) is 9.61.